The Morgan fingerprint density at radius 1 is 1.07 bits per heavy atom. The van der Waals surface area contributed by atoms with E-state index < -0.39 is 5.54 Å². The molecule has 0 amide bonds. The zero-order chi connectivity index (χ0) is 21.8. The van der Waals surface area contributed by atoms with Gasteiger partial charge in [-0.05, 0) is 38.4 Å². The molecule has 1 saturated heterocycles. The van der Waals surface area contributed by atoms with Crippen LogP contribution < -0.4 is 0 Å². The molecular formula is C22H36N2O5S. The third-order valence-corrected chi connectivity index (χ3v) is 6.64. The maximum absolute atomic E-state index is 13.6. The van der Waals surface area contributed by atoms with Crippen LogP contribution in [0.5, 0.6) is 0 Å². The van der Waals surface area contributed by atoms with E-state index in [-0.39, 0.29) is 25.6 Å². The Hall–Kier alpha value is -1.00. The van der Waals surface area contributed by atoms with Gasteiger partial charge in [-0.3, -0.25) is 14.6 Å². The Labute approximate surface area is 184 Å². The molecule has 0 radical (unpaired) electrons. The second-order valence-electron chi connectivity index (χ2n) is 7.69. The number of Topliss-reactive ketones (excluding diaryl/α,β-unsaturated/α-hetero) is 1. The molecular weight excluding hydrogens is 404 g/mol. The van der Waals surface area contributed by atoms with Crippen molar-refractivity contribution in [2.75, 3.05) is 71.5 Å². The first-order valence-corrected chi connectivity index (χ1v) is 11.7. The number of hydrogen-bond acceptors (Lipinski definition) is 8. The van der Waals surface area contributed by atoms with E-state index in [2.05, 4.69) is 4.90 Å². The van der Waals surface area contributed by atoms with Crippen molar-refractivity contribution in [2.24, 2.45) is 0 Å². The number of ketones is 1. The molecule has 30 heavy (non-hydrogen) atoms. The molecule has 3 N–H and O–H groups in total. The highest BCUT2D eigenvalue weighted by Gasteiger charge is 2.40. The van der Waals surface area contributed by atoms with Crippen LogP contribution in [0.3, 0.4) is 0 Å². The standard InChI is InChI=1S/C22H36N2O5S/c1-22(24-11-16-29-17-12-24,7-2-8-23(9-13-25)10-14-26)21(28)19-3-5-20(6-4-19)30-18-15-27/h3-6,25-27H,2,7-18H2,1H3. The topological polar surface area (TPSA) is 93.5 Å². The summed E-state index contributed by atoms with van der Waals surface area (Å²) in [4.78, 5) is 18.9. The first-order valence-electron chi connectivity index (χ1n) is 10.7. The number of rotatable bonds is 14. The Kier molecular flexibility index (Phi) is 11.3. The molecule has 1 aromatic carbocycles. The SMILES string of the molecule is CC(CCCN(CCO)CCO)(C(=O)c1ccc(SCCO)cc1)N1CCOCC1. The van der Waals surface area contributed by atoms with Gasteiger partial charge in [0.05, 0.1) is 38.6 Å². The lowest BCUT2D eigenvalue weighted by atomic mass is 9.84. The molecule has 0 aliphatic carbocycles. The van der Waals surface area contributed by atoms with Crippen molar-refractivity contribution in [3.05, 3.63) is 29.8 Å². The number of aliphatic hydroxyl groups excluding tert-OH is 3. The highest BCUT2D eigenvalue weighted by atomic mass is 32.2. The highest BCUT2D eigenvalue weighted by molar-refractivity contribution is 7.99. The van der Waals surface area contributed by atoms with Crippen LogP contribution in [-0.2, 0) is 4.74 Å². The first kappa shape index (κ1) is 25.3. The lowest BCUT2D eigenvalue weighted by molar-refractivity contribution is -0.0133. The molecule has 8 heteroatoms. The number of ether oxygens (including phenoxy) is 1. The number of nitrogens with zero attached hydrogens (tertiary/aromatic N) is 2. The zero-order valence-corrected chi connectivity index (χ0v) is 18.8. The van der Waals surface area contributed by atoms with Gasteiger partial charge < -0.3 is 20.1 Å². The molecule has 1 fully saturated rings. The Balaban J connectivity index is 2.11. The predicted molar refractivity (Wildman–Crippen MR) is 119 cm³/mol. The number of carbonyl (C=O) groups is 1. The van der Waals surface area contributed by atoms with Crippen LogP contribution in [0.4, 0.5) is 0 Å². The van der Waals surface area contributed by atoms with Crippen LogP contribution in [0, 0.1) is 0 Å². The summed E-state index contributed by atoms with van der Waals surface area (Å²) in [5, 5.41) is 27.4. The van der Waals surface area contributed by atoms with Crippen molar-refractivity contribution in [2.45, 2.75) is 30.2 Å². The van der Waals surface area contributed by atoms with Gasteiger partial charge in [-0.2, -0.15) is 0 Å². The molecule has 1 aliphatic rings. The van der Waals surface area contributed by atoms with Crippen molar-refractivity contribution in [1.82, 2.24) is 9.80 Å². The fraction of sp³-hybridized carbons (Fsp3) is 0.682. The maximum Gasteiger partial charge on any atom is 0.182 e. The van der Waals surface area contributed by atoms with E-state index in [1.807, 2.05) is 36.1 Å². The molecule has 1 aromatic rings. The molecule has 2 rings (SSSR count). The Morgan fingerprint density at radius 2 is 1.70 bits per heavy atom. The van der Waals surface area contributed by atoms with Crippen molar-refractivity contribution in [1.29, 1.82) is 0 Å². The Morgan fingerprint density at radius 3 is 2.27 bits per heavy atom. The van der Waals surface area contributed by atoms with E-state index in [4.69, 9.17) is 9.84 Å². The molecule has 0 bridgehead atoms. The van der Waals surface area contributed by atoms with E-state index in [1.165, 1.54) is 0 Å². The van der Waals surface area contributed by atoms with Crippen molar-refractivity contribution < 1.29 is 24.9 Å². The normalized spacial score (nSPS) is 17.2. The summed E-state index contributed by atoms with van der Waals surface area (Å²) >= 11 is 1.57. The zero-order valence-electron chi connectivity index (χ0n) is 18.0. The summed E-state index contributed by atoms with van der Waals surface area (Å²) in [5.74, 6) is 0.746. The molecule has 1 unspecified atom stereocenters. The van der Waals surface area contributed by atoms with Gasteiger partial charge in [0.15, 0.2) is 5.78 Å². The summed E-state index contributed by atoms with van der Waals surface area (Å²) in [6, 6.07) is 7.64. The average Bonchev–Trinajstić information content (AvgIpc) is 2.78. The van der Waals surface area contributed by atoms with Gasteiger partial charge in [-0.1, -0.05) is 12.1 Å². The van der Waals surface area contributed by atoms with Crippen LogP contribution in [0.25, 0.3) is 0 Å². The number of hydrogen-bond donors (Lipinski definition) is 3. The summed E-state index contributed by atoms with van der Waals surface area (Å²) in [6.45, 7) is 6.74. The number of morpholine rings is 1. The van der Waals surface area contributed by atoms with E-state index in [1.54, 1.807) is 11.8 Å². The molecule has 1 aliphatic heterocycles. The third kappa shape index (κ3) is 7.30. The van der Waals surface area contributed by atoms with Crippen LogP contribution >= 0.6 is 11.8 Å². The highest BCUT2D eigenvalue weighted by Crippen LogP contribution is 2.28. The second kappa shape index (κ2) is 13.4. The molecule has 170 valence electrons. The van der Waals surface area contributed by atoms with Gasteiger partial charge >= 0.3 is 0 Å². The summed E-state index contributed by atoms with van der Waals surface area (Å²) < 4.78 is 5.50. The number of benzene rings is 1. The van der Waals surface area contributed by atoms with Crippen LogP contribution in [0.2, 0.25) is 0 Å². The summed E-state index contributed by atoms with van der Waals surface area (Å²) in [5.41, 5.74) is 0.0631. The molecule has 0 spiro atoms. The lowest BCUT2D eigenvalue weighted by Gasteiger charge is -2.42. The van der Waals surface area contributed by atoms with Crippen molar-refractivity contribution in [3.63, 3.8) is 0 Å². The van der Waals surface area contributed by atoms with Gasteiger partial charge in [0.25, 0.3) is 0 Å². The smallest absolute Gasteiger partial charge is 0.182 e. The molecule has 1 atom stereocenters. The summed E-state index contributed by atoms with van der Waals surface area (Å²) in [6.07, 6.45) is 1.49. The van der Waals surface area contributed by atoms with Gasteiger partial charge in [0, 0.05) is 42.4 Å². The van der Waals surface area contributed by atoms with Crippen molar-refractivity contribution in [3.8, 4) is 0 Å². The van der Waals surface area contributed by atoms with E-state index in [0.29, 0.717) is 44.0 Å². The second-order valence-corrected chi connectivity index (χ2v) is 8.86. The monoisotopic (exact) mass is 440 g/mol. The van der Waals surface area contributed by atoms with Gasteiger partial charge in [-0.25, -0.2) is 0 Å². The lowest BCUT2D eigenvalue weighted by Crippen LogP contribution is -2.56. The van der Waals surface area contributed by atoms with Gasteiger partial charge in [0.1, 0.15) is 0 Å². The number of carbonyl (C=O) groups excluding carboxylic acids is 1. The molecule has 0 aromatic heterocycles. The number of thioether (sulfide) groups is 1. The minimum atomic E-state index is -0.631. The fourth-order valence-corrected chi connectivity index (χ4v) is 4.57. The third-order valence-electron chi connectivity index (χ3n) is 5.65. The minimum absolute atomic E-state index is 0.0559. The predicted octanol–water partition coefficient (Wildman–Crippen LogP) is 1.11. The van der Waals surface area contributed by atoms with E-state index >= 15 is 0 Å². The van der Waals surface area contributed by atoms with Crippen LogP contribution in [-0.4, -0.2) is 108 Å². The van der Waals surface area contributed by atoms with Crippen LogP contribution in [0.15, 0.2) is 29.2 Å². The molecule has 1 heterocycles. The maximum atomic E-state index is 13.6. The van der Waals surface area contributed by atoms with Gasteiger partial charge in [0.2, 0.25) is 0 Å². The van der Waals surface area contributed by atoms with E-state index in [9.17, 15) is 15.0 Å². The Bertz CT molecular complexity index is 618. The number of aliphatic hydroxyl groups is 3. The fourth-order valence-electron chi connectivity index (χ4n) is 3.91. The average molecular weight is 441 g/mol. The van der Waals surface area contributed by atoms with Crippen LogP contribution in [0.1, 0.15) is 30.1 Å². The summed E-state index contributed by atoms with van der Waals surface area (Å²) in [7, 11) is 0. The quantitative estimate of drug-likeness (QED) is 0.293. The van der Waals surface area contributed by atoms with E-state index in [0.717, 1.165) is 31.0 Å². The minimum Gasteiger partial charge on any atom is -0.396 e. The molecule has 7 nitrogen and oxygen atoms in total. The van der Waals surface area contributed by atoms with Gasteiger partial charge in [-0.15, -0.1) is 11.8 Å². The largest absolute Gasteiger partial charge is 0.396 e. The molecule has 0 saturated carbocycles. The van der Waals surface area contributed by atoms with Crippen molar-refractivity contribution >= 4 is 17.5 Å². The first-order chi connectivity index (χ1) is 14.5.